The quantitative estimate of drug-likeness (QED) is 0.283. The maximum absolute atomic E-state index is 14.5. The van der Waals surface area contributed by atoms with Crippen LogP contribution < -0.4 is 27.6 Å². The fourth-order valence-corrected chi connectivity index (χ4v) is 4.01. The van der Waals surface area contributed by atoms with Crippen LogP contribution in [0, 0.1) is 17.5 Å². The van der Waals surface area contributed by atoms with E-state index in [1.165, 1.54) is 0 Å². The molecule has 0 fully saturated rings. The van der Waals surface area contributed by atoms with Gasteiger partial charge in [0, 0.05) is 48.4 Å². The Morgan fingerprint density at radius 3 is 2.44 bits per heavy atom. The van der Waals surface area contributed by atoms with E-state index in [-0.39, 0.29) is 28.6 Å². The van der Waals surface area contributed by atoms with Crippen molar-refractivity contribution < 1.29 is 18.0 Å². The van der Waals surface area contributed by atoms with Gasteiger partial charge in [-0.15, -0.1) is 0 Å². The molecule has 0 bridgehead atoms. The third-order valence-corrected chi connectivity index (χ3v) is 6.02. The Morgan fingerprint density at radius 1 is 1.05 bits per heavy atom. The number of benzene rings is 2. The first-order valence-corrected chi connectivity index (χ1v) is 12.0. The molecule has 1 amide bonds. The fraction of sp³-hybridized carbons (Fsp3) is 0.280. The predicted octanol–water partition coefficient (Wildman–Crippen LogP) is 2.61. The molecule has 2 aromatic heterocycles. The Kier molecular flexibility index (Phi) is 7.57. The summed E-state index contributed by atoms with van der Waals surface area (Å²) in [5.74, 6) is -4.62. The number of nitrogens with two attached hydrogens (primary N) is 1. The Morgan fingerprint density at radius 2 is 1.74 bits per heavy atom. The van der Waals surface area contributed by atoms with E-state index in [1.807, 2.05) is 0 Å². The molecule has 2 aromatic carbocycles. The van der Waals surface area contributed by atoms with E-state index in [4.69, 9.17) is 17.3 Å². The maximum Gasteiger partial charge on any atom is 0.333 e. The third kappa shape index (κ3) is 6.32. The number of hydrogen-bond donors (Lipinski definition) is 3. The first kappa shape index (κ1) is 27.9. The Bertz CT molecular complexity index is 1710. The topological polar surface area (TPSA) is 129 Å². The minimum Gasteiger partial charge on any atom is -0.353 e. The minimum atomic E-state index is -1.40. The average molecular weight is 564 g/mol. The number of aromatic nitrogens is 4. The SMILES string of the molecule is Cn1cc2cc(Nc3cc(=O)n(CC(=O)NCC(C)(C)N)c(=O)n3Cc3cc(F)c(F)cc3F)c(Cl)cc2n1. The lowest BCUT2D eigenvalue weighted by molar-refractivity contribution is -0.122. The van der Waals surface area contributed by atoms with E-state index in [1.54, 1.807) is 43.9 Å². The van der Waals surface area contributed by atoms with Gasteiger partial charge in [-0.2, -0.15) is 5.10 Å². The number of anilines is 2. The van der Waals surface area contributed by atoms with E-state index >= 15 is 0 Å². The first-order chi connectivity index (χ1) is 18.2. The molecular weight excluding hydrogens is 539 g/mol. The first-order valence-electron chi connectivity index (χ1n) is 11.7. The highest BCUT2D eigenvalue weighted by Crippen LogP contribution is 2.30. The van der Waals surface area contributed by atoms with Gasteiger partial charge in [0.25, 0.3) is 5.56 Å². The van der Waals surface area contributed by atoms with Gasteiger partial charge in [0.15, 0.2) is 11.6 Å². The van der Waals surface area contributed by atoms with Gasteiger partial charge >= 0.3 is 5.69 Å². The highest BCUT2D eigenvalue weighted by Gasteiger charge is 2.20. The summed E-state index contributed by atoms with van der Waals surface area (Å²) >= 11 is 6.39. The lowest BCUT2D eigenvalue weighted by Crippen LogP contribution is -2.48. The van der Waals surface area contributed by atoms with E-state index in [0.29, 0.717) is 27.6 Å². The van der Waals surface area contributed by atoms with Crippen molar-refractivity contribution in [3.05, 3.63) is 85.4 Å². The second-order valence-electron chi connectivity index (χ2n) is 9.76. The molecule has 2 heterocycles. The molecule has 4 aromatic rings. The van der Waals surface area contributed by atoms with Gasteiger partial charge in [-0.3, -0.25) is 23.4 Å². The molecule has 14 heteroatoms. The standard InChI is InChI=1S/C25H25ClF3N7O3/c1-25(2,30)12-31-22(37)11-36-23(38)8-21(32-20-5-14-9-34(3)33-19(14)6-15(20)26)35(24(36)39)10-13-4-17(28)18(29)7-16(13)27/h4-9,32H,10-12,30H2,1-3H3,(H,31,37). The lowest BCUT2D eigenvalue weighted by Gasteiger charge is -2.20. The number of carbonyl (C=O) groups excluding carboxylic acids is 1. The van der Waals surface area contributed by atoms with Crippen LogP contribution in [-0.2, 0) is 24.9 Å². The summed E-state index contributed by atoms with van der Waals surface area (Å²) in [7, 11) is 1.72. The second-order valence-corrected chi connectivity index (χ2v) is 10.2. The van der Waals surface area contributed by atoms with Gasteiger partial charge in [0.1, 0.15) is 18.2 Å². The molecule has 206 valence electrons. The predicted molar refractivity (Wildman–Crippen MR) is 141 cm³/mol. The van der Waals surface area contributed by atoms with Crippen LogP contribution >= 0.6 is 11.6 Å². The van der Waals surface area contributed by atoms with Gasteiger partial charge in [-0.05, 0) is 32.0 Å². The number of amides is 1. The molecule has 4 rings (SSSR count). The Hall–Kier alpha value is -4.10. The largest absolute Gasteiger partial charge is 0.353 e. The molecule has 4 N–H and O–H groups in total. The van der Waals surface area contributed by atoms with Gasteiger partial charge in [0.05, 0.1) is 22.8 Å². The van der Waals surface area contributed by atoms with E-state index < -0.39 is 53.2 Å². The van der Waals surface area contributed by atoms with Crippen LogP contribution in [0.25, 0.3) is 10.9 Å². The average Bonchev–Trinajstić information content (AvgIpc) is 3.19. The zero-order valence-corrected chi connectivity index (χ0v) is 21.9. The summed E-state index contributed by atoms with van der Waals surface area (Å²) < 4.78 is 45.1. The minimum absolute atomic E-state index is 0.0732. The van der Waals surface area contributed by atoms with Crippen molar-refractivity contribution in [3.8, 4) is 0 Å². The van der Waals surface area contributed by atoms with Crippen molar-refractivity contribution in [2.24, 2.45) is 12.8 Å². The van der Waals surface area contributed by atoms with E-state index in [2.05, 4.69) is 15.7 Å². The lowest BCUT2D eigenvalue weighted by atomic mass is 10.1. The number of rotatable bonds is 8. The van der Waals surface area contributed by atoms with Crippen LogP contribution in [0.4, 0.5) is 24.7 Å². The summed E-state index contributed by atoms with van der Waals surface area (Å²) in [6.45, 7) is 2.17. The van der Waals surface area contributed by atoms with Crippen molar-refractivity contribution in [1.82, 2.24) is 24.2 Å². The van der Waals surface area contributed by atoms with Crippen LogP contribution in [-0.4, -0.2) is 36.9 Å². The maximum atomic E-state index is 14.5. The number of hydrogen-bond acceptors (Lipinski definition) is 6. The van der Waals surface area contributed by atoms with E-state index in [9.17, 15) is 27.6 Å². The van der Waals surface area contributed by atoms with Gasteiger partial charge < -0.3 is 16.4 Å². The summed E-state index contributed by atoms with van der Waals surface area (Å²) in [6, 6.07) is 5.19. The van der Waals surface area contributed by atoms with Crippen LogP contribution in [0.1, 0.15) is 19.4 Å². The number of halogens is 4. The molecular formula is C25H25ClF3N7O3. The number of nitrogens with zero attached hydrogens (tertiary/aromatic N) is 4. The molecule has 39 heavy (non-hydrogen) atoms. The summed E-state index contributed by atoms with van der Waals surface area (Å²) in [6.07, 6.45) is 1.72. The normalized spacial score (nSPS) is 11.7. The summed E-state index contributed by atoms with van der Waals surface area (Å²) in [4.78, 5) is 38.8. The third-order valence-electron chi connectivity index (χ3n) is 5.71. The van der Waals surface area contributed by atoms with Crippen molar-refractivity contribution >= 4 is 39.9 Å². The van der Waals surface area contributed by atoms with Crippen LogP contribution in [0.5, 0.6) is 0 Å². The number of fused-ring (bicyclic) bond motifs is 1. The number of aryl methyl sites for hydroxylation is 1. The fourth-order valence-electron chi connectivity index (χ4n) is 3.80. The summed E-state index contributed by atoms with van der Waals surface area (Å²) in [5, 5.41) is 10.6. The molecule has 0 radical (unpaired) electrons. The number of carbonyl (C=O) groups is 1. The number of nitrogens with one attached hydrogen (secondary N) is 2. The Balaban J connectivity index is 1.80. The zero-order chi connectivity index (χ0) is 28.6. The zero-order valence-electron chi connectivity index (χ0n) is 21.2. The van der Waals surface area contributed by atoms with Crippen LogP contribution in [0.15, 0.2) is 46.1 Å². The molecule has 0 aliphatic carbocycles. The van der Waals surface area contributed by atoms with Gasteiger partial charge in [-0.1, -0.05) is 11.6 Å². The summed E-state index contributed by atoms with van der Waals surface area (Å²) in [5.41, 5.74) is 3.78. The molecule has 0 aliphatic rings. The highest BCUT2D eigenvalue weighted by atomic mass is 35.5. The molecule has 0 spiro atoms. The molecule has 0 unspecified atom stereocenters. The van der Waals surface area contributed by atoms with Crippen molar-refractivity contribution in [1.29, 1.82) is 0 Å². The second kappa shape index (κ2) is 10.6. The van der Waals surface area contributed by atoms with Crippen molar-refractivity contribution in [2.45, 2.75) is 32.5 Å². The van der Waals surface area contributed by atoms with Gasteiger partial charge in [0.2, 0.25) is 5.91 Å². The van der Waals surface area contributed by atoms with Crippen LogP contribution in [0.2, 0.25) is 5.02 Å². The molecule has 0 atom stereocenters. The van der Waals surface area contributed by atoms with Gasteiger partial charge in [-0.25, -0.2) is 18.0 Å². The van der Waals surface area contributed by atoms with Crippen molar-refractivity contribution in [2.75, 3.05) is 11.9 Å². The molecule has 0 saturated carbocycles. The van der Waals surface area contributed by atoms with Crippen LogP contribution in [0.3, 0.4) is 0 Å². The molecule has 10 nitrogen and oxygen atoms in total. The molecule has 0 aliphatic heterocycles. The monoisotopic (exact) mass is 563 g/mol. The smallest absolute Gasteiger partial charge is 0.333 e. The van der Waals surface area contributed by atoms with E-state index in [0.717, 1.165) is 10.6 Å². The molecule has 0 saturated heterocycles. The Labute approximate surface area is 224 Å². The van der Waals surface area contributed by atoms with Crippen molar-refractivity contribution in [3.63, 3.8) is 0 Å². The highest BCUT2D eigenvalue weighted by molar-refractivity contribution is 6.34.